The van der Waals surface area contributed by atoms with Gasteiger partial charge in [-0.3, -0.25) is 19.4 Å². The number of Topliss-reactive ketones (excluding diaryl/α,β-unsaturated/α-hetero) is 1. The molecule has 0 radical (unpaired) electrons. The van der Waals surface area contributed by atoms with Gasteiger partial charge in [0.1, 0.15) is 24.5 Å². The Balaban J connectivity index is 0.000000673. The van der Waals surface area contributed by atoms with Crippen LogP contribution in [0.15, 0.2) is 77.5 Å². The molecule has 1 aliphatic carbocycles. The second kappa shape index (κ2) is 41.6. The first-order valence-electron chi connectivity index (χ1n) is 29.8. The zero-order chi connectivity index (χ0) is 60.9. The topological polar surface area (TPSA) is 207 Å². The van der Waals surface area contributed by atoms with Gasteiger partial charge in [-0.15, -0.1) is 0 Å². The Morgan fingerprint density at radius 3 is 1.77 bits per heavy atom. The van der Waals surface area contributed by atoms with Crippen LogP contribution in [-0.4, -0.2) is 150 Å². The van der Waals surface area contributed by atoms with Gasteiger partial charge in [-0.05, 0) is 126 Å². The van der Waals surface area contributed by atoms with E-state index in [1.54, 1.807) is 4.90 Å². The van der Waals surface area contributed by atoms with E-state index in [1.165, 1.54) is 12.0 Å². The van der Waals surface area contributed by atoms with E-state index >= 15 is 0 Å². The number of aliphatic carboxylic acids is 1. The van der Waals surface area contributed by atoms with Crippen molar-refractivity contribution in [1.82, 2.24) is 10.2 Å². The van der Waals surface area contributed by atoms with Gasteiger partial charge in [-0.25, -0.2) is 4.79 Å². The number of aliphatic imine (C=N–C) groups is 1. The van der Waals surface area contributed by atoms with Gasteiger partial charge in [0, 0.05) is 30.0 Å². The zero-order valence-electron chi connectivity index (χ0n) is 52.2. The molecule has 16 heteroatoms. The van der Waals surface area contributed by atoms with Crippen LogP contribution in [0.1, 0.15) is 164 Å². The van der Waals surface area contributed by atoms with Crippen molar-refractivity contribution >= 4 is 35.9 Å². The molecule has 4 atom stereocenters. The molecule has 1 saturated heterocycles. The minimum Gasteiger partial charge on any atom is -0.492 e. The standard InChI is InChI=1S/C43H65NO10.C18H24N2O2.C3H8.C2H7N/c1-31-27-32(2)39(33(3)28-31)40(42(46)47)41(54-29-35-11-9-8-10-12-35)36-13-15-37(16-14-36)53-26-25-51-22-21-49-18-17-48-19-20-50-23-24-52-30-38(45)44-34(4)43(5,6)7;1-4-19-14(3)13(2)15-7-9-16(10-8-15)18(22)17-6-5-11-20(17)12-21;1-3-2;1-2-3/h8-12,27-28,34,36-37H,13-26,29-30H2,1-7H3,(H,44,45)(H,46,47);4,7-10,12-14,17H,5-6,11H2,1-3H3;3H2,1-2H3;2-3H2,1H3/b41-40+;;;. The smallest absolute Gasteiger partial charge is 0.339 e. The Morgan fingerprint density at radius 2 is 1.28 bits per heavy atom. The highest BCUT2D eigenvalue weighted by atomic mass is 16.6. The Kier molecular flexibility index (Phi) is 36.9. The molecule has 1 heterocycles. The summed E-state index contributed by atoms with van der Waals surface area (Å²) in [7, 11) is 0. The molecule has 2 amide bonds. The first-order valence-corrected chi connectivity index (χ1v) is 29.8. The molecule has 460 valence electrons. The minimum atomic E-state index is -0.964. The molecular weight excluding hydrogens is 1040 g/mol. The third-order valence-corrected chi connectivity index (χ3v) is 14.2. The van der Waals surface area contributed by atoms with Crippen molar-refractivity contribution in [3.05, 3.63) is 111 Å². The summed E-state index contributed by atoms with van der Waals surface area (Å²) in [5.74, 6) is -0.193. The van der Waals surface area contributed by atoms with E-state index in [0.717, 1.165) is 79.3 Å². The average Bonchev–Trinajstić information content (AvgIpc) is 4.08. The molecule has 1 saturated carbocycles. The van der Waals surface area contributed by atoms with Crippen molar-refractivity contribution in [3.8, 4) is 0 Å². The number of nitrogens with one attached hydrogen (secondary N) is 1. The number of amides is 2. The summed E-state index contributed by atoms with van der Waals surface area (Å²) >= 11 is 0. The number of hydrogen-bond donors (Lipinski definition) is 3. The quantitative estimate of drug-likeness (QED) is 0.0137. The highest BCUT2D eigenvalue weighted by molar-refractivity contribution is 6.17. The zero-order valence-corrected chi connectivity index (χ0v) is 52.2. The van der Waals surface area contributed by atoms with E-state index in [0.29, 0.717) is 96.5 Å². The van der Waals surface area contributed by atoms with Gasteiger partial charge in [-0.2, -0.15) is 0 Å². The van der Waals surface area contributed by atoms with Gasteiger partial charge in [-0.1, -0.05) is 127 Å². The van der Waals surface area contributed by atoms with Crippen LogP contribution in [0.3, 0.4) is 0 Å². The average molecular weight is 1150 g/mol. The molecule has 1 aliphatic heterocycles. The Labute approximate surface area is 492 Å². The maximum atomic E-state index is 12.9. The van der Waals surface area contributed by atoms with Crippen LogP contribution in [0.5, 0.6) is 0 Å². The molecule has 0 bridgehead atoms. The third-order valence-electron chi connectivity index (χ3n) is 14.2. The first kappa shape index (κ1) is 72.8. The second-order valence-corrected chi connectivity index (χ2v) is 22.1. The molecule has 0 aromatic heterocycles. The van der Waals surface area contributed by atoms with E-state index in [4.69, 9.17) is 38.9 Å². The molecule has 4 N–H and O–H groups in total. The molecule has 0 spiro atoms. The number of ether oxygens (including phenoxy) is 7. The highest BCUT2D eigenvalue weighted by Gasteiger charge is 2.33. The number of carbonyl (C=O) groups is 4. The molecule has 3 aromatic carbocycles. The molecule has 2 aliphatic rings. The van der Waals surface area contributed by atoms with E-state index in [1.807, 2.05) is 114 Å². The van der Waals surface area contributed by atoms with Crippen molar-refractivity contribution in [1.29, 1.82) is 0 Å². The fraction of sp³-hybridized carbons (Fsp3) is 0.621. The molecule has 5 rings (SSSR count). The first-order chi connectivity index (χ1) is 39.3. The number of benzene rings is 3. The Hall–Kier alpha value is -5.33. The number of allylic oxidation sites excluding steroid dienone is 1. The number of nitrogens with zero attached hydrogens (tertiary/aromatic N) is 2. The van der Waals surface area contributed by atoms with Crippen LogP contribution in [0.2, 0.25) is 0 Å². The SMILES string of the molecule is CC=NC(C)C(C)c1ccc(C(=O)C2CCCN2C=O)cc1.CCC.CCN.Cc1cc(C)c(/C(C(=O)O)=C(\OCc2ccccc2)C2CCC(OCCOCCOCCOCCOCCOCC(=O)NC(C)C(C)(C)C)CC2)c(C)c1. The van der Waals surface area contributed by atoms with Gasteiger partial charge in [0.25, 0.3) is 0 Å². The molecule has 3 aromatic rings. The van der Waals surface area contributed by atoms with Gasteiger partial charge in [0.2, 0.25) is 12.3 Å². The summed E-state index contributed by atoms with van der Waals surface area (Å²) in [4.78, 5) is 54.3. The summed E-state index contributed by atoms with van der Waals surface area (Å²) in [6.07, 6.45) is 8.82. The number of hydrogen-bond acceptors (Lipinski definition) is 13. The van der Waals surface area contributed by atoms with E-state index in [9.17, 15) is 24.3 Å². The van der Waals surface area contributed by atoms with Crippen molar-refractivity contribution < 1.29 is 57.4 Å². The lowest BCUT2D eigenvalue weighted by Gasteiger charge is -2.31. The van der Waals surface area contributed by atoms with Crippen LogP contribution in [0, 0.1) is 32.1 Å². The van der Waals surface area contributed by atoms with E-state index in [-0.39, 0.29) is 59.4 Å². The molecular formula is C66H104N4O12. The molecule has 82 heavy (non-hydrogen) atoms. The summed E-state index contributed by atoms with van der Waals surface area (Å²) in [5.41, 5.74) is 11.7. The van der Waals surface area contributed by atoms with Crippen LogP contribution >= 0.6 is 0 Å². The van der Waals surface area contributed by atoms with Crippen LogP contribution in [0.25, 0.3) is 5.57 Å². The Morgan fingerprint density at radius 1 is 0.768 bits per heavy atom. The molecule has 4 unspecified atom stereocenters. The van der Waals surface area contributed by atoms with Gasteiger partial charge in [0.05, 0.1) is 84.3 Å². The van der Waals surface area contributed by atoms with Crippen LogP contribution in [-0.2, 0) is 54.1 Å². The summed E-state index contributed by atoms with van der Waals surface area (Å²) in [5, 5.41) is 13.5. The normalized spacial score (nSPS) is 17.4. The summed E-state index contributed by atoms with van der Waals surface area (Å²) in [6.45, 7) is 32.7. The predicted octanol–water partition coefficient (Wildman–Crippen LogP) is 11.3. The lowest BCUT2D eigenvalue weighted by atomic mass is 9.82. The number of aryl methyl sites for hydroxylation is 3. The number of nitrogens with two attached hydrogens (primary N) is 1. The number of carboxylic acid groups (broad SMARTS) is 1. The van der Waals surface area contributed by atoms with Crippen molar-refractivity contribution in [2.45, 2.75) is 172 Å². The van der Waals surface area contributed by atoms with Gasteiger partial charge < -0.3 is 54.2 Å². The van der Waals surface area contributed by atoms with E-state index in [2.05, 4.69) is 58.8 Å². The third kappa shape index (κ3) is 27.8. The summed E-state index contributed by atoms with van der Waals surface area (Å²) < 4.78 is 40.2. The van der Waals surface area contributed by atoms with Crippen LogP contribution in [0.4, 0.5) is 0 Å². The number of rotatable bonds is 31. The number of carboxylic acids is 1. The highest BCUT2D eigenvalue weighted by Crippen LogP contribution is 2.38. The Bertz CT molecular complexity index is 2290. The van der Waals surface area contributed by atoms with Gasteiger partial charge >= 0.3 is 5.97 Å². The lowest BCUT2D eigenvalue weighted by Crippen LogP contribution is -2.43. The fourth-order valence-electron chi connectivity index (χ4n) is 9.33. The molecule has 2 fully saturated rings. The molecule has 16 nitrogen and oxygen atoms in total. The van der Waals surface area contributed by atoms with E-state index < -0.39 is 5.97 Å². The maximum absolute atomic E-state index is 12.9. The van der Waals surface area contributed by atoms with Crippen molar-refractivity contribution in [2.75, 3.05) is 85.8 Å². The number of likely N-dealkylation sites (tertiary alicyclic amines) is 1. The lowest BCUT2D eigenvalue weighted by molar-refractivity contribution is -0.130. The fourth-order valence-corrected chi connectivity index (χ4v) is 9.33. The minimum absolute atomic E-state index is 0.000760. The monoisotopic (exact) mass is 1140 g/mol. The second-order valence-electron chi connectivity index (χ2n) is 22.1. The van der Waals surface area contributed by atoms with Crippen molar-refractivity contribution in [2.24, 2.45) is 22.1 Å². The number of carbonyl (C=O) groups excluding carboxylic acids is 3. The van der Waals surface area contributed by atoms with Crippen LogP contribution < -0.4 is 11.1 Å². The number of ketones is 1. The summed E-state index contributed by atoms with van der Waals surface area (Å²) in [6, 6.07) is 21.7. The predicted molar refractivity (Wildman–Crippen MR) is 329 cm³/mol. The van der Waals surface area contributed by atoms with Crippen molar-refractivity contribution in [3.63, 3.8) is 0 Å². The maximum Gasteiger partial charge on any atom is 0.339 e. The largest absolute Gasteiger partial charge is 0.492 e. The van der Waals surface area contributed by atoms with Gasteiger partial charge in [0.15, 0.2) is 5.78 Å².